The summed E-state index contributed by atoms with van der Waals surface area (Å²) < 4.78 is 14.3. The van der Waals surface area contributed by atoms with Crippen LogP contribution in [0.5, 0.6) is 11.5 Å². The number of nitrogens with zero attached hydrogens (tertiary/aromatic N) is 3. The molecule has 1 aliphatic carbocycles. The fourth-order valence-corrected chi connectivity index (χ4v) is 5.48. The van der Waals surface area contributed by atoms with Crippen molar-refractivity contribution in [3.8, 4) is 11.5 Å². The maximum absolute atomic E-state index is 13.5. The molecule has 1 aliphatic rings. The van der Waals surface area contributed by atoms with E-state index in [-0.39, 0.29) is 11.5 Å². The van der Waals surface area contributed by atoms with Gasteiger partial charge in [-0.15, -0.1) is 0 Å². The Labute approximate surface area is 231 Å². The number of aromatic nitrogens is 2. The molecule has 5 rings (SSSR count). The van der Waals surface area contributed by atoms with Crippen molar-refractivity contribution in [1.29, 1.82) is 0 Å². The van der Waals surface area contributed by atoms with E-state index in [0.717, 1.165) is 52.6 Å². The third kappa shape index (κ3) is 5.83. The van der Waals surface area contributed by atoms with E-state index < -0.39 is 0 Å². The molecule has 7 heteroatoms. The molecular formula is C31H32BrN3O3. The van der Waals surface area contributed by atoms with Gasteiger partial charge in [0.25, 0.3) is 5.56 Å². The van der Waals surface area contributed by atoms with E-state index in [9.17, 15) is 4.79 Å². The van der Waals surface area contributed by atoms with E-state index in [1.807, 2.05) is 43.3 Å². The lowest BCUT2D eigenvalue weighted by molar-refractivity contribution is 0.267. The summed E-state index contributed by atoms with van der Waals surface area (Å²) in [5, 5.41) is 5.24. The van der Waals surface area contributed by atoms with Crippen molar-refractivity contribution in [2.75, 3.05) is 6.61 Å². The van der Waals surface area contributed by atoms with Gasteiger partial charge in [-0.25, -0.2) is 4.98 Å². The minimum atomic E-state index is -0.144. The molecule has 0 atom stereocenters. The first-order chi connectivity index (χ1) is 18.5. The number of aryl methyl sites for hydroxylation is 1. The number of hydrogen-bond donors (Lipinski definition) is 0. The van der Waals surface area contributed by atoms with Crippen LogP contribution in [0.2, 0.25) is 0 Å². The van der Waals surface area contributed by atoms with Gasteiger partial charge >= 0.3 is 0 Å². The van der Waals surface area contributed by atoms with Crippen LogP contribution in [0.1, 0.15) is 67.5 Å². The number of rotatable bonds is 8. The van der Waals surface area contributed by atoms with Crippen molar-refractivity contribution in [3.05, 3.63) is 98.0 Å². The van der Waals surface area contributed by atoms with Gasteiger partial charge in [-0.3, -0.25) is 4.79 Å². The molecule has 1 fully saturated rings. The summed E-state index contributed by atoms with van der Waals surface area (Å²) in [6, 6.07) is 19.6. The number of fused-ring (bicyclic) bond motifs is 1. The third-order valence-electron chi connectivity index (χ3n) is 6.91. The lowest BCUT2D eigenvalue weighted by Gasteiger charge is -2.22. The Morgan fingerprint density at radius 3 is 2.58 bits per heavy atom. The monoisotopic (exact) mass is 573 g/mol. The molecule has 0 N–H and O–H groups in total. The molecule has 1 aromatic heterocycles. The molecule has 1 saturated carbocycles. The maximum atomic E-state index is 13.5. The number of halogens is 1. The predicted molar refractivity (Wildman–Crippen MR) is 156 cm³/mol. The van der Waals surface area contributed by atoms with Crippen molar-refractivity contribution < 1.29 is 9.47 Å². The second-order valence-electron chi connectivity index (χ2n) is 9.72. The normalized spacial score (nSPS) is 14.3. The Bertz CT molecular complexity index is 1510. The summed E-state index contributed by atoms with van der Waals surface area (Å²) in [6.45, 7) is 4.92. The van der Waals surface area contributed by atoms with E-state index in [4.69, 9.17) is 14.5 Å². The SMILES string of the molecule is CCOc1cc(C=Nn2c(C3CCCCC3)nc3ccccc3c2=O)cc(Br)c1OCc1ccc(C)cc1. The highest BCUT2D eigenvalue weighted by Crippen LogP contribution is 2.37. The van der Waals surface area contributed by atoms with Gasteiger partial charge in [-0.2, -0.15) is 9.78 Å². The minimum Gasteiger partial charge on any atom is -0.490 e. The molecule has 0 bridgehead atoms. The van der Waals surface area contributed by atoms with Gasteiger partial charge in [0.05, 0.1) is 28.2 Å². The molecule has 0 saturated heterocycles. The van der Waals surface area contributed by atoms with Crippen LogP contribution in [0.4, 0.5) is 0 Å². The van der Waals surface area contributed by atoms with Gasteiger partial charge in [0.15, 0.2) is 11.5 Å². The Morgan fingerprint density at radius 2 is 1.82 bits per heavy atom. The molecule has 0 radical (unpaired) electrons. The zero-order valence-corrected chi connectivity index (χ0v) is 23.4. The molecule has 0 unspecified atom stereocenters. The second kappa shape index (κ2) is 11.9. The maximum Gasteiger partial charge on any atom is 0.282 e. The molecular weight excluding hydrogens is 542 g/mol. The molecule has 4 aromatic rings. The molecule has 0 aliphatic heterocycles. The first-order valence-corrected chi connectivity index (χ1v) is 14.0. The van der Waals surface area contributed by atoms with Crippen LogP contribution in [0.15, 0.2) is 75.0 Å². The van der Waals surface area contributed by atoms with Crippen molar-refractivity contribution >= 4 is 33.0 Å². The highest BCUT2D eigenvalue weighted by Gasteiger charge is 2.22. The van der Waals surface area contributed by atoms with Gasteiger partial charge in [-0.05, 0) is 78.0 Å². The summed E-state index contributed by atoms with van der Waals surface area (Å²) in [5.74, 6) is 2.22. The predicted octanol–water partition coefficient (Wildman–Crippen LogP) is 7.38. The topological polar surface area (TPSA) is 65.7 Å². The number of para-hydroxylation sites is 1. The van der Waals surface area contributed by atoms with Crippen molar-refractivity contribution in [2.24, 2.45) is 5.10 Å². The zero-order chi connectivity index (χ0) is 26.5. The molecule has 38 heavy (non-hydrogen) atoms. The van der Waals surface area contributed by atoms with E-state index in [1.54, 1.807) is 6.21 Å². The minimum absolute atomic E-state index is 0.144. The van der Waals surface area contributed by atoms with Crippen molar-refractivity contribution in [3.63, 3.8) is 0 Å². The Balaban J connectivity index is 1.48. The molecule has 196 valence electrons. The number of hydrogen-bond acceptors (Lipinski definition) is 5. The summed E-state index contributed by atoms with van der Waals surface area (Å²) in [4.78, 5) is 18.4. The largest absolute Gasteiger partial charge is 0.490 e. The number of benzene rings is 3. The summed E-state index contributed by atoms with van der Waals surface area (Å²) in [5.41, 5.74) is 3.66. The van der Waals surface area contributed by atoms with Crippen LogP contribution >= 0.6 is 15.9 Å². The van der Waals surface area contributed by atoms with Crippen LogP contribution in [-0.4, -0.2) is 22.5 Å². The van der Waals surface area contributed by atoms with Crippen LogP contribution in [0.25, 0.3) is 10.9 Å². The highest BCUT2D eigenvalue weighted by atomic mass is 79.9. The van der Waals surface area contributed by atoms with Crippen LogP contribution < -0.4 is 15.0 Å². The second-order valence-corrected chi connectivity index (χ2v) is 10.6. The van der Waals surface area contributed by atoms with Crippen LogP contribution in [-0.2, 0) is 6.61 Å². The van der Waals surface area contributed by atoms with Crippen LogP contribution in [0.3, 0.4) is 0 Å². The summed E-state index contributed by atoms with van der Waals surface area (Å²) >= 11 is 3.66. The average Bonchev–Trinajstić information content (AvgIpc) is 2.93. The summed E-state index contributed by atoms with van der Waals surface area (Å²) in [6.07, 6.45) is 7.25. The fraction of sp³-hybridized carbons (Fsp3) is 0.323. The number of ether oxygens (including phenoxy) is 2. The lowest BCUT2D eigenvalue weighted by Crippen LogP contribution is -2.25. The zero-order valence-electron chi connectivity index (χ0n) is 21.8. The van der Waals surface area contributed by atoms with Gasteiger partial charge in [0.2, 0.25) is 0 Å². The Hall–Kier alpha value is -3.45. The average molecular weight is 575 g/mol. The van der Waals surface area contributed by atoms with Gasteiger partial charge in [0.1, 0.15) is 12.4 Å². The van der Waals surface area contributed by atoms with E-state index in [0.29, 0.717) is 30.1 Å². The highest BCUT2D eigenvalue weighted by molar-refractivity contribution is 9.10. The quantitative estimate of drug-likeness (QED) is 0.206. The molecule has 1 heterocycles. The van der Waals surface area contributed by atoms with Crippen LogP contribution in [0, 0.1) is 6.92 Å². The lowest BCUT2D eigenvalue weighted by atomic mass is 9.88. The molecule has 0 spiro atoms. The van der Waals surface area contributed by atoms with Crippen molar-refractivity contribution in [2.45, 2.75) is 58.5 Å². The smallest absolute Gasteiger partial charge is 0.282 e. The molecule has 3 aromatic carbocycles. The third-order valence-corrected chi connectivity index (χ3v) is 7.50. The molecule has 6 nitrogen and oxygen atoms in total. The standard InChI is InChI=1S/C31H32BrN3O3/c1-3-37-28-18-23(17-26(32)29(28)38-20-22-15-13-21(2)14-16-22)19-33-35-30(24-9-5-4-6-10-24)34-27-12-8-7-11-25(27)31(35)36/h7-8,11-19,24H,3-6,9-10,20H2,1-2H3. The summed E-state index contributed by atoms with van der Waals surface area (Å²) in [7, 11) is 0. The van der Waals surface area contributed by atoms with Gasteiger partial charge in [-0.1, -0.05) is 61.2 Å². The Morgan fingerprint density at radius 1 is 1.05 bits per heavy atom. The van der Waals surface area contributed by atoms with E-state index in [1.165, 1.54) is 16.7 Å². The Kier molecular flexibility index (Phi) is 8.23. The first-order valence-electron chi connectivity index (χ1n) is 13.2. The van der Waals surface area contributed by atoms with Crippen molar-refractivity contribution in [1.82, 2.24) is 9.66 Å². The van der Waals surface area contributed by atoms with Gasteiger partial charge < -0.3 is 9.47 Å². The fourth-order valence-electron chi connectivity index (χ4n) is 4.91. The van der Waals surface area contributed by atoms with E-state index >= 15 is 0 Å². The van der Waals surface area contributed by atoms with Gasteiger partial charge in [0, 0.05) is 5.92 Å². The van der Waals surface area contributed by atoms with E-state index in [2.05, 4.69) is 52.2 Å². The molecule has 0 amide bonds. The first kappa shape index (κ1) is 26.2.